The molecule has 7 heteroatoms. The number of rotatable bonds is 9. The first kappa shape index (κ1) is 23.6. The molecule has 0 saturated carbocycles. The second-order valence-corrected chi connectivity index (χ2v) is 8.91. The average molecular weight is 470 g/mol. The van der Waals surface area contributed by atoms with Gasteiger partial charge in [0.05, 0.1) is 22.8 Å². The minimum atomic E-state index is -0.0775. The first-order valence-electron chi connectivity index (χ1n) is 11.5. The Morgan fingerprint density at radius 3 is 2.58 bits per heavy atom. The maximum Gasteiger partial charge on any atom is 0.252 e. The largest absolute Gasteiger partial charge is 0.494 e. The molecule has 2 heterocycles. The highest BCUT2D eigenvalue weighted by Crippen LogP contribution is 2.29. The predicted molar refractivity (Wildman–Crippen MR) is 135 cm³/mol. The molecular formula is C26H32ClN3O3. The maximum absolute atomic E-state index is 12.1. The molecule has 3 aromatic rings. The van der Waals surface area contributed by atoms with E-state index in [0.29, 0.717) is 6.61 Å². The fraction of sp³-hybridized carbons (Fsp3) is 0.423. The fourth-order valence-electron chi connectivity index (χ4n) is 4.34. The lowest BCUT2D eigenvalue weighted by atomic mass is 10.2. The smallest absolute Gasteiger partial charge is 0.252 e. The zero-order valence-electron chi connectivity index (χ0n) is 19.4. The molecule has 1 aliphatic heterocycles. The van der Waals surface area contributed by atoms with E-state index in [1.807, 2.05) is 24.3 Å². The normalized spacial score (nSPS) is 14.7. The van der Waals surface area contributed by atoms with Gasteiger partial charge in [0.15, 0.2) is 0 Å². The summed E-state index contributed by atoms with van der Waals surface area (Å²) < 4.78 is 12.8. The van der Waals surface area contributed by atoms with Crippen molar-refractivity contribution in [3.8, 4) is 5.75 Å². The van der Waals surface area contributed by atoms with E-state index in [1.165, 1.54) is 0 Å². The van der Waals surface area contributed by atoms with Crippen molar-refractivity contribution in [3.05, 3.63) is 69.5 Å². The number of nitrogens with zero attached hydrogens (tertiary/aromatic N) is 3. The molecule has 0 radical (unpaired) electrons. The van der Waals surface area contributed by atoms with E-state index in [0.717, 1.165) is 78.5 Å². The molecule has 1 saturated heterocycles. The standard InChI is InChI=1S/C26H32ClN3O3/c1-20-6-5-7-23(26(20)27)29-15-13-28(14-16-29)12-3-4-17-33-22-10-8-21-9-11-25(31)30(19-32-2)24(21)18-22/h5-11,18H,3-4,12-17,19H2,1-2H3. The van der Waals surface area contributed by atoms with E-state index in [-0.39, 0.29) is 12.3 Å². The van der Waals surface area contributed by atoms with Gasteiger partial charge in [-0.3, -0.25) is 14.3 Å². The highest BCUT2D eigenvalue weighted by atomic mass is 35.5. The van der Waals surface area contributed by atoms with Gasteiger partial charge in [-0.15, -0.1) is 0 Å². The van der Waals surface area contributed by atoms with Crippen molar-refractivity contribution in [2.24, 2.45) is 0 Å². The van der Waals surface area contributed by atoms with E-state index >= 15 is 0 Å². The van der Waals surface area contributed by atoms with Crippen LogP contribution in [0.15, 0.2) is 53.3 Å². The van der Waals surface area contributed by atoms with E-state index in [4.69, 9.17) is 21.1 Å². The third-order valence-corrected chi connectivity index (χ3v) is 6.74. The number of halogens is 1. The quantitative estimate of drug-likeness (QED) is 0.430. The van der Waals surface area contributed by atoms with Gasteiger partial charge in [0.2, 0.25) is 0 Å². The zero-order valence-corrected chi connectivity index (χ0v) is 20.2. The number of piperazine rings is 1. The molecule has 0 aliphatic carbocycles. The van der Waals surface area contributed by atoms with E-state index in [1.54, 1.807) is 17.7 Å². The van der Waals surface area contributed by atoms with E-state index < -0.39 is 0 Å². The molecule has 0 unspecified atom stereocenters. The number of anilines is 1. The molecule has 0 N–H and O–H groups in total. The van der Waals surface area contributed by atoms with Crippen molar-refractivity contribution in [2.75, 3.05) is 51.3 Å². The van der Waals surface area contributed by atoms with Crippen LogP contribution in [-0.2, 0) is 11.5 Å². The van der Waals surface area contributed by atoms with E-state index in [2.05, 4.69) is 34.9 Å². The van der Waals surface area contributed by atoms with Gasteiger partial charge in [-0.25, -0.2) is 0 Å². The van der Waals surface area contributed by atoms with Gasteiger partial charge in [-0.2, -0.15) is 0 Å². The minimum Gasteiger partial charge on any atom is -0.494 e. The number of unbranched alkanes of at least 4 members (excludes halogenated alkanes) is 1. The Balaban J connectivity index is 1.22. The molecule has 4 rings (SSSR count). The lowest BCUT2D eigenvalue weighted by molar-refractivity contribution is 0.132. The molecule has 2 aromatic carbocycles. The van der Waals surface area contributed by atoms with Crippen LogP contribution in [0.25, 0.3) is 10.9 Å². The Bertz CT molecular complexity index is 1140. The summed E-state index contributed by atoms with van der Waals surface area (Å²) in [7, 11) is 1.59. The molecule has 1 aliphatic rings. The second-order valence-electron chi connectivity index (χ2n) is 8.53. The average Bonchev–Trinajstić information content (AvgIpc) is 2.83. The number of hydrogen-bond acceptors (Lipinski definition) is 5. The van der Waals surface area contributed by atoms with Crippen LogP contribution in [0.2, 0.25) is 5.02 Å². The third kappa shape index (κ3) is 5.69. The van der Waals surface area contributed by atoms with Gasteiger partial charge < -0.3 is 14.4 Å². The van der Waals surface area contributed by atoms with Crippen LogP contribution in [0, 0.1) is 6.92 Å². The SMILES string of the molecule is COCn1c(=O)ccc2ccc(OCCCCN3CCN(c4cccc(C)c4Cl)CC3)cc21. The van der Waals surface area contributed by atoms with Crippen LogP contribution in [-0.4, -0.2) is 55.9 Å². The monoisotopic (exact) mass is 469 g/mol. The molecule has 0 atom stereocenters. The summed E-state index contributed by atoms with van der Waals surface area (Å²) in [5, 5.41) is 1.86. The summed E-state index contributed by atoms with van der Waals surface area (Å²) in [6.45, 7) is 8.11. The molecule has 1 aromatic heterocycles. The highest BCUT2D eigenvalue weighted by Gasteiger charge is 2.19. The van der Waals surface area contributed by atoms with Gasteiger partial charge in [0.25, 0.3) is 5.56 Å². The Morgan fingerprint density at radius 1 is 1.00 bits per heavy atom. The fourth-order valence-corrected chi connectivity index (χ4v) is 4.58. The van der Waals surface area contributed by atoms with Crippen molar-refractivity contribution in [3.63, 3.8) is 0 Å². The molecule has 1 fully saturated rings. The van der Waals surface area contributed by atoms with Crippen LogP contribution in [0.1, 0.15) is 18.4 Å². The van der Waals surface area contributed by atoms with Crippen molar-refractivity contribution < 1.29 is 9.47 Å². The Morgan fingerprint density at radius 2 is 1.79 bits per heavy atom. The zero-order chi connectivity index (χ0) is 23.2. The van der Waals surface area contributed by atoms with Gasteiger partial charge in [-0.1, -0.05) is 23.7 Å². The summed E-state index contributed by atoms with van der Waals surface area (Å²) in [6.07, 6.45) is 2.08. The molecule has 176 valence electrons. The summed E-state index contributed by atoms with van der Waals surface area (Å²) in [4.78, 5) is 17.0. The number of methoxy groups -OCH3 is 1. The number of aromatic nitrogens is 1. The number of aryl methyl sites for hydroxylation is 1. The Hall–Kier alpha value is -2.54. The second kappa shape index (κ2) is 11.1. The molecule has 0 bridgehead atoms. The predicted octanol–water partition coefficient (Wildman–Crippen LogP) is 4.55. The highest BCUT2D eigenvalue weighted by molar-refractivity contribution is 6.34. The first-order valence-corrected chi connectivity index (χ1v) is 11.9. The minimum absolute atomic E-state index is 0.0775. The number of benzene rings is 2. The maximum atomic E-state index is 12.1. The third-order valence-electron chi connectivity index (χ3n) is 6.24. The van der Waals surface area contributed by atoms with Crippen molar-refractivity contribution in [1.82, 2.24) is 9.47 Å². The Labute approximate surface area is 200 Å². The summed E-state index contributed by atoms with van der Waals surface area (Å²) >= 11 is 6.50. The van der Waals surface area contributed by atoms with E-state index in [9.17, 15) is 4.79 Å². The Kier molecular flexibility index (Phi) is 7.91. The topological polar surface area (TPSA) is 46.9 Å². The summed E-state index contributed by atoms with van der Waals surface area (Å²) in [6, 6.07) is 15.5. The lowest BCUT2D eigenvalue weighted by Crippen LogP contribution is -2.46. The molecule has 33 heavy (non-hydrogen) atoms. The summed E-state index contributed by atoms with van der Waals surface area (Å²) in [5.41, 5.74) is 3.03. The number of hydrogen-bond donors (Lipinski definition) is 0. The van der Waals surface area contributed by atoms with Crippen molar-refractivity contribution in [2.45, 2.75) is 26.5 Å². The summed E-state index contributed by atoms with van der Waals surface area (Å²) in [5.74, 6) is 0.779. The number of ether oxygens (including phenoxy) is 2. The lowest BCUT2D eigenvalue weighted by Gasteiger charge is -2.36. The van der Waals surface area contributed by atoms with Crippen LogP contribution in [0.5, 0.6) is 5.75 Å². The van der Waals surface area contributed by atoms with Gasteiger partial charge in [0, 0.05) is 45.4 Å². The van der Waals surface area contributed by atoms with Crippen molar-refractivity contribution in [1.29, 1.82) is 0 Å². The van der Waals surface area contributed by atoms with Crippen LogP contribution < -0.4 is 15.2 Å². The molecular weight excluding hydrogens is 438 g/mol. The first-order chi connectivity index (χ1) is 16.1. The molecule has 0 amide bonds. The number of pyridine rings is 1. The van der Waals surface area contributed by atoms with Gasteiger partial charge >= 0.3 is 0 Å². The number of fused-ring (bicyclic) bond motifs is 1. The van der Waals surface area contributed by atoms with Crippen LogP contribution >= 0.6 is 11.6 Å². The van der Waals surface area contributed by atoms with Gasteiger partial charge in [-0.05, 0) is 61.5 Å². The molecule has 0 spiro atoms. The van der Waals surface area contributed by atoms with Crippen LogP contribution in [0.3, 0.4) is 0 Å². The molecule has 6 nitrogen and oxygen atoms in total. The van der Waals surface area contributed by atoms with Crippen molar-refractivity contribution >= 4 is 28.2 Å². The van der Waals surface area contributed by atoms with Crippen LogP contribution in [0.4, 0.5) is 5.69 Å². The van der Waals surface area contributed by atoms with Gasteiger partial charge in [0.1, 0.15) is 12.5 Å².